The highest BCUT2D eigenvalue weighted by atomic mass is 19.4. The normalized spacial score (nSPS) is 19.9. The zero-order valence-corrected chi connectivity index (χ0v) is 10.5. The van der Waals surface area contributed by atoms with Gasteiger partial charge in [-0.3, -0.25) is 9.69 Å². The first-order valence-corrected chi connectivity index (χ1v) is 5.91. The summed E-state index contributed by atoms with van der Waals surface area (Å²) in [5.74, 6) is -1.05. The van der Waals surface area contributed by atoms with E-state index < -0.39 is 24.2 Å². The molecule has 0 bridgehead atoms. The van der Waals surface area contributed by atoms with Gasteiger partial charge in [-0.2, -0.15) is 13.2 Å². The summed E-state index contributed by atoms with van der Waals surface area (Å²) >= 11 is 0. The molecule has 7 heteroatoms. The third-order valence-electron chi connectivity index (χ3n) is 3.37. The van der Waals surface area contributed by atoms with E-state index in [0.717, 1.165) is 12.8 Å². The topological polar surface area (TPSA) is 52.6 Å². The lowest BCUT2D eigenvalue weighted by Crippen LogP contribution is -2.50. The maximum absolute atomic E-state index is 12.4. The number of hydrogen-bond acceptors (Lipinski definition) is 3. The first-order chi connectivity index (χ1) is 8.18. The summed E-state index contributed by atoms with van der Waals surface area (Å²) in [6, 6.07) is -0.0403. The number of likely N-dealkylation sites (N-methyl/N-ethyl adjacent to an activating group) is 1. The molecule has 1 rings (SSSR count). The van der Waals surface area contributed by atoms with Crippen molar-refractivity contribution in [1.82, 2.24) is 10.2 Å². The van der Waals surface area contributed by atoms with Crippen LogP contribution in [0.2, 0.25) is 0 Å². The zero-order chi connectivity index (χ0) is 14.0. The molecule has 1 aliphatic rings. The molecule has 4 nitrogen and oxygen atoms in total. The lowest BCUT2D eigenvalue weighted by Gasteiger charge is -2.29. The fourth-order valence-corrected chi connectivity index (χ4v) is 1.77. The van der Waals surface area contributed by atoms with Gasteiger partial charge in [0.1, 0.15) is 5.54 Å². The maximum atomic E-state index is 12.4. The molecule has 0 amide bonds. The SMILES string of the molecule is CNC(C)(CCN(CC(F)(F)F)C1CC1)C(=O)O. The maximum Gasteiger partial charge on any atom is 0.401 e. The Morgan fingerprint density at radius 1 is 1.44 bits per heavy atom. The van der Waals surface area contributed by atoms with Crippen LogP contribution in [-0.2, 0) is 4.79 Å². The Bertz CT molecular complexity index is 305. The summed E-state index contributed by atoms with van der Waals surface area (Å²) in [5.41, 5.74) is -1.18. The molecular formula is C11H19F3N2O2. The number of aliphatic carboxylic acids is 1. The molecule has 1 unspecified atom stereocenters. The minimum Gasteiger partial charge on any atom is -0.480 e. The van der Waals surface area contributed by atoms with Crippen LogP contribution in [0, 0.1) is 0 Å². The van der Waals surface area contributed by atoms with Gasteiger partial charge in [-0.1, -0.05) is 0 Å². The van der Waals surface area contributed by atoms with Gasteiger partial charge in [-0.15, -0.1) is 0 Å². The highest BCUT2D eigenvalue weighted by Gasteiger charge is 2.39. The number of hydrogen-bond donors (Lipinski definition) is 2. The van der Waals surface area contributed by atoms with Crippen molar-refractivity contribution in [2.45, 2.75) is 43.9 Å². The molecule has 0 heterocycles. The van der Waals surface area contributed by atoms with E-state index in [-0.39, 0.29) is 19.0 Å². The second-order valence-electron chi connectivity index (χ2n) is 4.95. The molecule has 0 saturated heterocycles. The first-order valence-electron chi connectivity index (χ1n) is 5.91. The van der Waals surface area contributed by atoms with Gasteiger partial charge in [0.25, 0.3) is 0 Å². The molecule has 106 valence electrons. The Morgan fingerprint density at radius 2 is 2.00 bits per heavy atom. The summed E-state index contributed by atoms with van der Waals surface area (Å²) in [7, 11) is 1.50. The van der Waals surface area contributed by atoms with Gasteiger partial charge < -0.3 is 10.4 Å². The van der Waals surface area contributed by atoms with Crippen LogP contribution < -0.4 is 5.32 Å². The highest BCUT2D eigenvalue weighted by molar-refractivity contribution is 5.78. The minimum absolute atomic E-state index is 0.0403. The summed E-state index contributed by atoms with van der Waals surface area (Å²) < 4.78 is 37.1. The van der Waals surface area contributed by atoms with Crippen molar-refractivity contribution in [3.8, 4) is 0 Å². The Morgan fingerprint density at radius 3 is 2.33 bits per heavy atom. The van der Waals surface area contributed by atoms with E-state index in [2.05, 4.69) is 5.32 Å². The van der Waals surface area contributed by atoms with Crippen molar-refractivity contribution in [3.63, 3.8) is 0 Å². The number of nitrogens with one attached hydrogen (secondary N) is 1. The van der Waals surface area contributed by atoms with Crippen molar-refractivity contribution in [2.75, 3.05) is 20.1 Å². The third kappa shape index (κ3) is 4.45. The molecule has 0 aliphatic heterocycles. The van der Waals surface area contributed by atoms with Crippen LogP contribution in [0.15, 0.2) is 0 Å². The Kier molecular flexibility index (Phi) is 4.61. The average Bonchev–Trinajstić information content (AvgIpc) is 3.05. The third-order valence-corrected chi connectivity index (χ3v) is 3.37. The van der Waals surface area contributed by atoms with E-state index in [4.69, 9.17) is 5.11 Å². The number of carbonyl (C=O) groups is 1. The quantitative estimate of drug-likeness (QED) is 0.734. The molecule has 18 heavy (non-hydrogen) atoms. The van der Waals surface area contributed by atoms with Gasteiger partial charge in [0, 0.05) is 12.6 Å². The van der Waals surface area contributed by atoms with Gasteiger partial charge in [0.15, 0.2) is 0 Å². The molecule has 0 spiro atoms. The Labute approximate surface area is 104 Å². The largest absolute Gasteiger partial charge is 0.480 e. The van der Waals surface area contributed by atoms with E-state index >= 15 is 0 Å². The molecule has 0 aromatic rings. The monoisotopic (exact) mass is 268 g/mol. The van der Waals surface area contributed by atoms with Gasteiger partial charge in [-0.25, -0.2) is 0 Å². The summed E-state index contributed by atoms with van der Waals surface area (Å²) in [6.07, 6.45) is -2.56. The van der Waals surface area contributed by atoms with Gasteiger partial charge >= 0.3 is 12.1 Å². The van der Waals surface area contributed by atoms with Crippen LogP contribution >= 0.6 is 0 Å². The van der Waals surface area contributed by atoms with Gasteiger partial charge in [0.2, 0.25) is 0 Å². The van der Waals surface area contributed by atoms with E-state index in [1.807, 2.05) is 0 Å². The number of halogens is 3. The van der Waals surface area contributed by atoms with Crippen molar-refractivity contribution in [2.24, 2.45) is 0 Å². The van der Waals surface area contributed by atoms with Crippen LogP contribution in [-0.4, -0.2) is 53.9 Å². The molecule has 1 atom stereocenters. The van der Waals surface area contributed by atoms with E-state index in [1.54, 1.807) is 0 Å². The lowest BCUT2D eigenvalue weighted by molar-refractivity contribution is -0.149. The number of alkyl halides is 3. The first kappa shape index (κ1) is 15.2. The molecular weight excluding hydrogens is 249 g/mol. The van der Waals surface area contributed by atoms with Crippen LogP contribution in [0.25, 0.3) is 0 Å². The second kappa shape index (κ2) is 5.44. The number of carboxylic acids is 1. The van der Waals surface area contributed by atoms with E-state index in [9.17, 15) is 18.0 Å². The van der Waals surface area contributed by atoms with Crippen LogP contribution in [0.3, 0.4) is 0 Å². The minimum atomic E-state index is -4.23. The fraction of sp³-hybridized carbons (Fsp3) is 0.909. The van der Waals surface area contributed by atoms with Crippen molar-refractivity contribution in [1.29, 1.82) is 0 Å². The molecule has 0 aromatic carbocycles. The molecule has 1 aliphatic carbocycles. The number of carboxylic acid groups (broad SMARTS) is 1. The summed E-state index contributed by atoms with van der Waals surface area (Å²) in [4.78, 5) is 12.4. The van der Waals surface area contributed by atoms with Crippen LogP contribution in [0.5, 0.6) is 0 Å². The van der Waals surface area contributed by atoms with Crippen molar-refractivity contribution >= 4 is 5.97 Å². The van der Waals surface area contributed by atoms with Crippen LogP contribution in [0.4, 0.5) is 13.2 Å². The molecule has 0 aromatic heterocycles. The van der Waals surface area contributed by atoms with E-state index in [1.165, 1.54) is 18.9 Å². The van der Waals surface area contributed by atoms with Gasteiger partial charge in [0.05, 0.1) is 6.54 Å². The average molecular weight is 268 g/mol. The van der Waals surface area contributed by atoms with Crippen LogP contribution in [0.1, 0.15) is 26.2 Å². The standard InChI is InChI=1S/C11H19F3N2O2/c1-10(15-2,9(17)18)5-6-16(8-3-4-8)7-11(12,13)14/h8,15H,3-7H2,1-2H3,(H,17,18). The Hall–Kier alpha value is -0.820. The lowest BCUT2D eigenvalue weighted by atomic mass is 9.98. The molecule has 2 N–H and O–H groups in total. The molecule has 1 fully saturated rings. The predicted molar refractivity (Wildman–Crippen MR) is 60.4 cm³/mol. The van der Waals surface area contributed by atoms with Gasteiger partial charge in [-0.05, 0) is 33.2 Å². The highest BCUT2D eigenvalue weighted by Crippen LogP contribution is 2.30. The second-order valence-corrected chi connectivity index (χ2v) is 4.95. The number of nitrogens with zero attached hydrogens (tertiary/aromatic N) is 1. The zero-order valence-electron chi connectivity index (χ0n) is 10.5. The predicted octanol–water partition coefficient (Wildman–Crippen LogP) is 1.47. The summed E-state index contributed by atoms with van der Waals surface area (Å²) in [6.45, 7) is 0.652. The van der Waals surface area contributed by atoms with E-state index in [0.29, 0.717) is 0 Å². The van der Waals surface area contributed by atoms with Crippen molar-refractivity contribution in [3.05, 3.63) is 0 Å². The summed E-state index contributed by atoms with van der Waals surface area (Å²) in [5, 5.41) is 11.7. The Balaban J connectivity index is 2.54. The van der Waals surface area contributed by atoms with Crippen molar-refractivity contribution < 1.29 is 23.1 Å². The molecule has 1 saturated carbocycles. The fourth-order valence-electron chi connectivity index (χ4n) is 1.77. The smallest absolute Gasteiger partial charge is 0.401 e. The molecule has 0 radical (unpaired) electrons. The number of rotatable bonds is 7.